The third-order valence-corrected chi connectivity index (χ3v) is 9.68. The van der Waals surface area contributed by atoms with Gasteiger partial charge < -0.3 is 0 Å². The first kappa shape index (κ1) is 20.2. The number of fused-ring (bicyclic) bond motifs is 2. The van der Waals surface area contributed by atoms with Gasteiger partial charge in [-0.1, -0.05) is 84.7 Å². The summed E-state index contributed by atoms with van der Waals surface area (Å²) in [5.41, 5.74) is 5.85. The number of rotatable bonds is 4. The first-order chi connectivity index (χ1) is 12.9. The van der Waals surface area contributed by atoms with Crippen LogP contribution in [0.5, 0.6) is 0 Å². The van der Waals surface area contributed by atoms with Gasteiger partial charge in [0, 0.05) is 3.92 Å². The Kier molecular flexibility index (Phi) is 5.99. The summed E-state index contributed by atoms with van der Waals surface area (Å²) in [5.74, 6) is 4.41. The van der Waals surface area contributed by atoms with Crippen molar-refractivity contribution >= 4 is 22.6 Å². The van der Waals surface area contributed by atoms with Gasteiger partial charge in [0.25, 0.3) is 0 Å². The van der Waals surface area contributed by atoms with Crippen LogP contribution in [0, 0.1) is 35.0 Å². The molecule has 27 heavy (non-hydrogen) atoms. The fraction of sp³-hybridized carbons (Fsp3) is 0.769. The smallest absolute Gasteiger partial charge is 0.0292 e. The summed E-state index contributed by atoms with van der Waals surface area (Å²) in [5, 5.41) is 0. The monoisotopic (exact) mass is 478 g/mol. The summed E-state index contributed by atoms with van der Waals surface area (Å²) in [7, 11) is 0. The van der Waals surface area contributed by atoms with Crippen molar-refractivity contribution in [1.82, 2.24) is 0 Å². The molecule has 0 radical (unpaired) electrons. The first-order valence-electron chi connectivity index (χ1n) is 11.6. The molecule has 6 atom stereocenters. The lowest BCUT2D eigenvalue weighted by Gasteiger charge is -2.42. The Morgan fingerprint density at radius 1 is 1.15 bits per heavy atom. The number of alkyl halides is 1. The Balaban J connectivity index is 1.47. The van der Waals surface area contributed by atoms with E-state index in [1.54, 1.807) is 5.57 Å². The fourth-order valence-corrected chi connectivity index (χ4v) is 7.98. The van der Waals surface area contributed by atoms with Gasteiger partial charge in [-0.05, 0) is 93.3 Å². The van der Waals surface area contributed by atoms with Crippen LogP contribution >= 0.6 is 22.6 Å². The van der Waals surface area contributed by atoms with E-state index in [0.29, 0.717) is 5.41 Å². The van der Waals surface area contributed by atoms with Crippen molar-refractivity contribution in [1.29, 1.82) is 0 Å². The van der Waals surface area contributed by atoms with Gasteiger partial charge in [-0.15, -0.1) is 0 Å². The van der Waals surface area contributed by atoms with Crippen LogP contribution < -0.4 is 0 Å². The predicted octanol–water partition coefficient (Wildman–Crippen LogP) is 8.28. The minimum Gasteiger partial charge on any atom is -0.0844 e. The number of halogens is 1. The molecule has 0 aliphatic heterocycles. The lowest BCUT2D eigenvalue weighted by Crippen LogP contribution is -2.33. The molecule has 4 rings (SSSR count). The number of hydrogen-bond donors (Lipinski definition) is 0. The maximum absolute atomic E-state index is 2.70. The molecular weight excluding hydrogens is 439 g/mol. The van der Waals surface area contributed by atoms with E-state index in [2.05, 4.69) is 68.5 Å². The Morgan fingerprint density at radius 3 is 2.74 bits per heavy atom. The lowest BCUT2D eigenvalue weighted by atomic mass is 9.63. The van der Waals surface area contributed by atoms with Crippen molar-refractivity contribution in [3.8, 4) is 0 Å². The van der Waals surface area contributed by atoms with Crippen molar-refractivity contribution in [2.24, 2.45) is 35.0 Å². The molecule has 1 saturated carbocycles. The minimum atomic E-state index is 0.416. The molecule has 0 N–H and O–H groups in total. The van der Waals surface area contributed by atoms with Crippen LogP contribution in [0.3, 0.4) is 0 Å². The molecule has 0 amide bonds. The van der Waals surface area contributed by atoms with Gasteiger partial charge in [-0.25, -0.2) is 0 Å². The Bertz CT molecular complexity index is 649. The van der Waals surface area contributed by atoms with Crippen LogP contribution in [0.1, 0.15) is 85.5 Å². The SMILES string of the molecule is CCCCC1=C(C)C2CC=C(C3CCC4CC(I)C=CC4C3)CC2C1(C)C. The Labute approximate surface area is 181 Å². The van der Waals surface area contributed by atoms with Gasteiger partial charge in [0.2, 0.25) is 0 Å². The van der Waals surface area contributed by atoms with Crippen LogP contribution in [0.2, 0.25) is 0 Å². The normalized spacial score (nSPS) is 40.6. The summed E-state index contributed by atoms with van der Waals surface area (Å²) in [6, 6.07) is 0. The molecule has 0 heterocycles. The third kappa shape index (κ3) is 3.76. The van der Waals surface area contributed by atoms with Crippen LogP contribution in [0.4, 0.5) is 0 Å². The molecule has 0 saturated heterocycles. The Morgan fingerprint density at radius 2 is 1.96 bits per heavy atom. The molecule has 4 aliphatic rings. The highest BCUT2D eigenvalue weighted by molar-refractivity contribution is 14.1. The van der Waals surface area contributed by atoms with Gasteiger partial charge in [0.15, 0.2) is 0 Å². The molecule has 1 fully saturated rings. The molecular formula is C26H39I. The average molecular weight is 479 g/mol. The van der Waals surface area contributed by atoms with E-state index >= 15 is 0 Å². The second kappa shape index (κ2) is 8.00. The molecule has 150 valence electrons. The second-order valence-electron chi connectivity index (χ2n) is 10.5. The lowest BCUT2D eigenvalue weighted by molar-refractivity contribution is 0.184. The highest BCUT2D eigenvalue weighted by Crippen LogP contribution is 2.58. The topological polar surface area (TPSA) is 0 Å². The van der Waals surface area contributed by atoms with E-state index in [1.807, 2.05) is 11.1 Å². The van der Waals surface area contributed by atoms with Crippen molar-refractivity contribution in [2.75, 3.05) is 0 Å². The molecule has 0 nitrogen and oxygen atoms in total. The minimum absolute atomic E-state index is 0.416. The van der Waals surface area contributed by atoms with Gasteiger partial charge in [-0.3, -0.25) is 0 Å². The molecule has 0 bridgehead atoms. The highest BCUT2D eigenvalue weighted by atomic mass is 127. The summed E-state index contributed by atoms with van der Waals surface area (Å²) >= 11 is 2.63. The maximum Gasteiger partial charge on any atom is 0.0292 e. The van der Waals surface area contributed by atoms with E-state index in [1.165, 1.54) is 57.8 Å². The number of hydrogen-bond acceptors (Lipinski definition) is 0. The molecule has 6 unspecified atom stereocenters. The summed E-state index contributed by atoms with van der Waals surface area (Å²) in [6.07, 6.45) is 20.3. The largest absolute Gasteiger partial charge is 0.0844 e. The van der Waals surface area contributed by atoms with E-state index < -0.39 is 0 Å². The summed E-state index contributed by atoms with van der Waals surface area (Å²) in [6.45, 7) is 9.93. The molecule has 1 heteroatoms. The number of unbranched alkanes of at least 4 members (excludes halogenated alkanes) is 1. The molecule has 4 aliphatic carbocycles. The average Bonchev–Trinajstić information content (AvgIpc) is 2.85. The highest BCUT2D eigenvalue weighted by Gasteiger charge is 2.47. The van der Waals surface area contributed by atoms with Crippen LogP contribution in [0.25, 0.3) is 0 Å². The zero-order valence-corrected chi connectivity index (χ0v) is 20.1. The van der Waals surface area contributed by atoms with E-state index in [9.17, 15) is 0 Å². The van der Waals surface area contributed by atoms with Crippen LogP contribution in [-0.2, 0) is 0 Å². The van der Waals surface area contributed by atoms with E-state index in [4.69, 9.17) is 0 Å². The van der Waals surface area contributed by atoms with Gasteiger partial charge >= 0.3 is 0 Å². The van der Waals surface area contributed by atoms with Gasteiger partial charge in [0.1, 0.15) is 0 Å². The molecule has 0 aromatic heterocycles. The van der Waals surface area contributed by atoms with Gasteiger partial charge in [-0.2, -0.15) is 0 Å². The van der Waals surface area contributed by atoms with E-state index in [0.717, 1.165) is 33.5 Å². The summed E-state index contributed by atoms with van der Waals surface area (Å²) < 4.78 is 0.782. The predicted molar refractivity (Wildman–Crippen MR) is 126 cm³/mol. The fourth-order valence-electron chi connectivity index (χ4n) is 7.09. The van der Waals surface area contributed by atoms with Crippen molar-refractivity contribution in [3.63, 3.8) is 0 Å². The number of allylic oxidation sites excluding steroid dienone is 6. The third-order valence-electron chi connectivity index (χ3n) is 8.76. The Hall–Kier alpha value is -0.0500. The molecule has 0 spiro atoms. The van der Waals surface area contributed by atoms with Crippen LogP contribution in [-0.4, -0.2) is 3.92 Å². The van der Waals surface area contributed by atoms with E-state index in [-0.39, 0.29) is 0 Å². The van der Waals surface area contributed by atoms with Crippen molar-refractivity contribution in [3.05, 3.63) is 34.9 Å². The zero-order chi connectivity index (χ0) is 19.2. The van der Waals surface area contributed by atoms with Gasteiger partial charge in [0.05, 0.1) is 0 Å². The molecule has 0 aromatic rings. The maximum atomic E-state index is 2.70. The van der Waals surface area contributed by atoms with Crippen molar-refractivity contribution < 1.29 is 0 Å². The standard InChI is InChI=1S/C26H39I/c1-5-6-7-24-17(2)23-13-11-21(16-25(23)26(24,3)4)18-8-9-20-15-22(27)12-10-19(20)14-18/h10-12,18-20,22-23,25H,5-9,13-16H2,1-4H3. The first-order valence-corrected chi connectivity index (χ1v) is 12.9. The zero-order valence-electron chi connectivity index (χ0n) is 17.9. The summed E-state index contributed by atoms with van der Waals surface area (Å²) in [4.78, 5) is 0. The molecule has 0 aromatic carbocycles. The van der Waals surface area contributed by atoms with Crippen LogP contribution in [0.15, 0.2) is 34.9 Å². The van der Waals surface area contributed by atoms with Crippen molar-refractivity contribution in [2.45, 2.75) is 89.4 Å². The second-order valence-corrected chi connectivity index (χ2v) is 12.1. The quantitative estimate of drug-likeness (QED) is 0.217.